The lowest BCUT2D eigenvalue weighted by Gasteiger charge is -2.32. The highest BCUT2D eigenvalue weighted by Gasteiger charge is 2.31. The van der Waals surface area contributed by atoms with Crippen molar-refractivity contribution in [2.24, 2.45) is 7.05 Å². The summed E-state index contributed by atoms with van der Waals surface area (Å²) in [7, 11) is 1.44. The van der Waals surface area contributed by atoms with Crippen molar-refractivity contribution in [3.63, 3.8) is 0 Å². The number of rotatable bonds is 5. The predicted molar refractivity (Wildman–Crippen MR) is 103 cm³/mol. The number of piperidine rings is 1. The van der Waals surface area contributed by atoms with Crippen LogP contribution in [0.3, 0.4) is 0 Å². The van der Waals surface area contributed by atoms with Crippen molar-refractivity contribution in [1.29, 1.82) is 0 Å². The van der Waals surface area contributed by atoms with Gasteiger partial charge in [-0.15, -0.1) is 10.2 Å². The van der Waals surface area contributed by atoms with Crippen molar-refractivity contribution < 1.29 is 18.3 Å². The van der Waals surface area contributed by atoms with Gasteiger partial charge in [-0.1, -0.05) is 6.92 Å². The van der Waals surface area contributed by atoms with Crippen LogP contribution in [0.4, 0.5) is 19.0 Å². The predicted octanol–water partition coefficient (Wildman–Crippen LogP) is 2.85. The Bertz CT molecular complexity index is 927. The second kappa shape index (κ2) is 8.40. The van der Waals surface area contributed by atoms with Crippen molar-refractivity contribution in [2.45, 2.75) is 38.4 Å². The number of aromatic nitrogens is 3. The van der Waals surface area contributed by atoms with Crippen molar-refractivity contribution in [2.75, 3.05) is 25.0 Å². The molecule has 2 N–H and O–H groups in total. The summed E-state index contributed by atoms with van der Waals surface area (Å²) in [6, 6.07) is 2.59. The number of hydrogen-bond donors (Lipinski definition) is 2. The highest BCUT2D eigenvalue weighted by molar-refractivity contribution is 5.65. The second-order valence-corrected chi connectivity index (χ2v) is 7.25. The summed E-state index contributed by atoms with van der Waals surface area (Å²) in [4.78, 5) is 15.0. The number of phenolic OH excluding ortho intramolecular Hbond substituents is 1. The number of nitrogens with zero attached hydrogens (tertiary/aromatic N) is 4. The maximum Gasteiger partial charge on any atom is 0.416 e. The van der Waals surface area contributed by atoms with Gasteiger partial charge < -0.3 is 15.3 Å². The molecular weight excluding hydrogens is 387 g/mol. The molecule has 10 heteroatoms. The van der Waals surface area contributed by atoms with Crippen LogP contribution in [0.5, 0.6) is 5.75 Å². The molecule has 158 valence electrons. The van der Waals surface area contributed by atoms with Crippen molar-refractivity contribution in [3.05, 3.63) is 34.1 Å². The van der Waals surface area contributed by atoms with Gasteiger partial charge in [-0.25, -0.2) is 0 Å². The smallest absolute Gasteiger partial charge is 0.416 e. The van der Waals surface area contributed by atoms with Crippen LogP contribution < -0.4 is 10.9 Å². The Labute approximate surface area is 166 Å². The van der Waals surface area contributed by atoms with Crippen LogP contribution in [0.2, 0.25) is 0 Å². The lowest BCUT2D eigenvalue weighted by atomic mass is 10.1. The molecule has 1 aromatic carbocycles. The van der Waals surface area contributed by atoms with Crippen LogP contribution in [-0.2, 0) is 13.2 Å². The van der Waals surface area contributed by atoms with Gasteiger partial charge in [-0.2, -0.15) is 13.2 Å². The molecule has 0 saturated carbocycles. The van der Waals surface area contributed by atoms with E-state index in [1.54, 1.807) is 0 Å². The topological polar surface area (TPSA) is 83.3 Å². The summed E-state index contributed by atoms with van der Waals surface area (Å²) >= 11 is 0. The Morgan fingerprint density at radius 3 is 2.72 bits per heavy atom. The fourth-order valence-electron chi connectivity index (χ4n) is 3.57. The zero-order valence-electron chi connectivity index (χ0n) is 16.3. The Morgan fingerprint density at radius 2 is 2.07 bits per heavy atom. The van der Waals surface area contributed by atoms with Crippen molar-refractivity contribution >= 4 is 5.82 Å². The van der Waals surface area contributed by atoms with Crippen LogP contribution in [0, 0.1) is 0 Å². The van der Waals surface area contributed by atoms with Crippen LogP contribution in [0.25, 0.3) is 11.4 Å². The van der Waals surface area contributed by atoms with E-state index in [4.69, 9.17) is 0 Å². The number of phenols is 1. The molecule has 0 bridgehead atoms. The van der Waals surface area contributed by atoms with Crippen molar-refractivity contribution in [1.82, 2.24) is 19.7 Å². The standard InChI is InChI=1S/C19H24F3N5O2/c1-3-8-27-9-4-5-13(11-27)23-16-18(29)26(2)17(25-24-16)14-7-6-12(10-15(14)28)19(20,21)22/h6-7,10,13,28H,3-5,8-9,11H2,1-2H3,(H,23,24)/t13-/m1/s1. The summed E-state index contributed by atoms with van der Waals surface area (Å²) in [6.45, 7) is 4.95. The van der Waals surface area contributed by atoms with Crippen molar-refractivity contribution in [3.8, 4) is 17.1 Å². The average Bonchev–Trinajstić information content (AvgIpc) is 2.66. The normalized spacial score (nSPS) is 18.0. The van der Waals surface area contributed by atoms with Crippen LogP contribution >= 0.6 is 0 Å². The van der Waals surface area contributed by atoms with Crippen LogP contribution in [-0.4, -0.2) is 50.4 Å². The molecule has 1 aliphatic heterocycles. The van der Waals surface area contributed by atoms with E-state index < -0.39 is 23.0 Å². The summed E-state index contributed by atoms with van der Waals surface area (Å²) in [6.07, 6.45) is -1.60. The zero-order chi connectivity index (χ0) is 21.2. The fourth-order valence-corrected chi connectivity index (χ4v) is 3.57. The highest BCUT2D eigenvalue weighted by atomic mass is 19.4. The fraction of sp³-hybridized carbons (Fsp3) is 0.526. The van der Waals surface area contributed by atoms with E-state index in [9.17, 15) is 23.1 Å². The summed E-state index contributed by atoms with van der Waals surface area (Å²) < 4.78 is 39.5. The van der Waals surface area contributed by atoms with Gasteiger partial charge in [0.2, 0.25) is 5.82 Å². The molecule has 1 atom stereocenters. The first-order valence-corrected chi connectivity index (χ1v) is 9.54. The number of anilines is 1. The molecule has 29 heavy (non-hydrogen) atoms. The molecule has 7 nitrogen and oxygen atoms in total. The number of halogens is 3. The number of benzene rings is 1. The average molecular weight is 411 g/mol. The van der Waals surface area contributed by atoms with Gasteiger partial charge in [0.1, 0.15) is 5.75 Å². The SMILES string of the molecule is CCCN1CCC[C@@H](Nc2nnc(-c3ccc(C(F)(F)F)cc3O)n(C)c2=O)C1. The Morgan fingerprint density at radius 1 is 1.31 bits per heavy atom. The third-order valence-corrected chi connectivity index (χ3v) is 5.02. The molecule has 3 rings (SSSR count). The number of aromatic hydroxyl groups is 1. The van der Waals surface area contributed by atoms with Gasteiger partial charge >= 0.3 is 6.18 Å². The minimum Gasteiger partial charge on any atom is -0.507 e. The first-order chi connectivity index (χ1) is 13.7. The van der Waals surface area contributed by atoms with Gasteiger partial charge in [0, 0.05) is 19.6 Å². The summed E-state index contributed by atoms with van der Waals surface area (Å²) in [5.74, 6) is -0.540. The number of alkyl halides is 3. The largest absolute Gasteiger partial charge is 0.507 e. The molecule has 0 aliphatic carbocycles. The molecule has 0 radical (unpaired) electrons. The number of nitrogens with one attached hydrogen (secondary N) is 1. The van der Waals surface area contributed by atoms with Gasteiger partial charge in [0.15, 0.2) is 5.82 Å². The molecule has 1 saturated heterocycles. The Hall–Kier alpha value is -2.62. The molecule has 0 unspecified atom stereocenters. The number of hydrogen-bond acceptors (Lipinski definition) is 6. The monoisotopic (exact) mass is 411 g/mol. The van der Waals surface area contributed by atoms with E-state index in [-0.39, 0.29) is 23.2 Å². The first-order valence-electron chi connectivity index (χ1n) is 9.54. The molecule has 1 aromatic heterocycles. The van der Waals surface area contributed by atoms with E-state index >= 15 is 0 Å². The van der Waals surface area contributed by atoms with Gasteiger partial charge in [0.25, 0.3) is 5.56 Å². The molecule has 0 spiro atoms. The lowest BCUT2D eigenvalue weighted by molar-refractivity contribution is -0.137. The highest BCUT2D eigenvalue weighted by Crippen LogP contribution is 2.35. The van der Waals surface area contributed by atoms with Gasteiger partial charge in [-0.05, 0) is 50.6 Å². The third-order valence-electron chi connectivity index (χ3n) is 5.02. The van der Waals surface area contributed by atoms with E-state index in [0.29, 0.717) is 6.07 Å². The maximum absolute atomic E-state index is 12.8. The van der Waals surface area contributed by atoms with Gasteiger partial charge in [0.05, 0.1) is 11.1 Å². The molecule has 1 aliphatic rings. The van der Waals surface area contributed by atoms with E-state index in [0.717, 1.165) is 51.0 Å². The van der Waals surface area contributed by atoms with E-state index in [2.05, 4.69) is 27.3 Å². The maximum atomic E-state index is 12.8. The summed E-state index contributed by atoms with van der Waals surface area (Å²) in [5.41, 5.74) is -1.44. The van der Waals surface area contributed by atoms with Crippen LogP contribution in [0.15, 0.2) is 23.0 Å². The Balaban J connectivity index is 1.84. The molecule has 2 aromatic rings. The number of likely N-dealkylation sites (tertiary alicyclic amines) is 1. The zero-order valence-corrected chi connectivity index (χ0v) is 16.3. The van der Waals surface area contributed by atoms with E-state index in [1.165, 1.54) is 11.6 Å². The molecule has 1 fully saturated rings. The molecule has 2 heterocycles. The second-order valence-electron chi connectivity index (χ2n) is 7.25. The quantitative estimate of drug-likeness (QED) is 0.787. The Kier molecular flexibility index (Phi) is 6.11. The third kappa shape index (κ3) is 4.69. The first kappa shape index (κ1) is 21.1. The molecular formula is C19H24F3N5O2. The minimum absolute atomic E-state index is 0.00318. The van der Waals surface area contributed by atoms with Crippen LogP contribution in [0.1, 0.15) is 31.7 Å². The van der Waals surface area contributed by atoms with Gasteiger partial charge in [-0.3, -0.25) is 9.36 Å². The van der Waals surface area contributed by atoms with E-state index in [1.807, 2.05) is 0 Å². The molecule has 0 amide bonds. The summed E-state index contributed by atoms with van der Waals surface area (Å²) in [5, 5.41) is 21.1. The minimum atomic E-state index is -4.58. The lowest BCUT2D eigenvalue weighted by Crippen LogP contribution is -2.43.